The Morgan fingerprint density at radius 1 is 1.35 bits per heavy atom. The lowest BCUT2D eigenvalue weighted by atomic mass is 10.1. The van der Waals surface area contributed by atoms with Crippen molar-refractivity contribution in [2.24, 2.45) is 0 Å². The molecular formula is C15H14O2. The minimum absolute atomic E-state index is 0.246. The molecule has 0 spiro atoms. The van der Waals surface area contributed by atoms with E-state index in [0.717, 1.165) is 19.3 Å². The highest BCUT2D eigenvalue weighted by Crippen LogP contribution is 2.03. The molecule has 0 aliphatic carbocycles. The molecule has 1 aromatic rings. The van der Waals surface area contributed by atoms with Crippen LogP contribution in [0.2, 0.25) is 0 Å². The fraction of sp³-hybridized carbons (Fsp3) is 0.267. The largest absolute Gasteiger partial charge is 0.478 e. The van der Waals surface area contributed by atoms with Crippen LogP contribution in [0.15, 0.2) is 24.3 Å². The van der Waals surface area contributed by atoms with Crippen molar-refractivity contribution in [3.05, 3.63) is 35.4 Å². The molecule has 0 aliphatic rings. The first-order chi connectivity index (χ1) is 8.24. The Morgan fingerprint density at radius 3 is 2.88 bits per heavy atom. The van der Waals surface area contributed by atoms with Gasteiger partial charge >= 0.3 is 5.97 Å². The van der Waals surface area contributed by atoms with Gasteiger partial charge in [-0.15, -0.1) is 0 Å². The molecule has 0 bridgehead atoms. The van der Waals surface area contributed by atoms with Crippen molar-refractivity contribution >= 4 is 5.97 Å². The Bertz CT molecular complexity index is 507. The quantitative estimate of drug-likeness (QED) is 0.635. The van der Waals surface area contributed by atoms with Crippen LogP contribution in [0.25, 0.3) is 0 Å². The van der Waals surface area contributed by atoms with E-state index < -0.39 is 5.97 Å². The first-order valence-corrected chi connectivity index (χ1v) is 5.56. The van der Waals surface area contributed by atoms with Crippen molar-refractivity contribution in [3.8, 4) is 23.7 Å². The highest BCUT2D eigenvalue weighted by molar-refractivity contribution is 5.88. The predicted molar refractivity (Wildman–Crippen MR) is 67.6 cm³/mol. The summed E-state index contributed by atoms with van der Waals surface area (Å²) in [5, 5.41) is 8.80. The maximum atomic E-state index is 10.7. The lowest BCUT2D eigenvalue weighted by molar-refractivity contribution is 0.0697. The van der Waals surface area contributed by atoms with Gasteiger partial charge in [-0.3, -0.25) is 0 Å². The van der Waals surface area contributed by atoms with Crippen molar-refractivity contribution in [1.82, 2.24) is 0 Å². The first kappa shape index (κ1) is 12.9. The number of rotatable bonds is 3. The minimum atomic E-state index is -0.942. The van der Waals surface area contributed by atoms with Crippen LogP contribution >= 0.6 is 0 Å². The van der Waals surface area contributed by atoms with Gasteiger partial charge in [0.15, 0.2) is 0 Å². The molecule has 0 aromatic heterocycles. The topological polar surface area (TPSA) is 37.3 Å². The molecule has 0 saturated carbocycles. The van der Waals surface area contributed by atoms with Gasteiger partial charge in [0, 0.05) is 12.0 Å². The zero-order chi connectivity index (χ0) is 12.5. The molecule has 0 atom stereocenters. The van der Waals surface area contributed by atoms with E-state index in [1.807, 2.05) is 0 Å². The smallest absolute Gasteiger partial charge is 0.335 e. The molecule has 2 heteroatoms. The predicted octanol–water partition coefficient (Wildman–Crippen LogP) is 2.93. The van der Waals surface area contributed by atoms with Gasteiger partial charge in [-0.05, 0) is 36.5 Å². The van der Waals surface area contributed by atoms with Crippen LogP contribution in [0, 0.1) is 23.7 Å². The number of carboxylic acids is 1. The molecule has 0 heterocycles. The van der Waals surface area contributed by atoms with E-state index in [0.29, 0.717) is 5.56 Å². The normalized spacial score (nSPS) is 8.53. The zero-order valence-electron chi connectivity index (χ0n) is 9.79. The summed E-state index contributed by atoms with van der Waals surface area (Å²) < 4.78 is 0. The Morgan fingerprint density at radius 2 is 2.18 bits per heavy atom. The molecule has 2 nitrogen and oxygen atoms in total. The summed E-state index contributed by atoms with van der Waals surface area (Å²) in [6.07, 6.45) is 3.08. The summed E-state index contributed by atoms with van der Waals surface area (Å²) in [6.45, 7) is 2.12. The van der Waals surface area contributed by atoms with Crippen LogP contribution in [0.3, 0.4) is 0 Å². The van der Waals surface area contributed by atoms with Crippen LogP contribution in [-0.2, 0) is 0 Å². The third-order valence-electron chi connectivity index (χ3n) is 2.12. The molecule has 0 radical (unpaired) electrons. The highest BCUT2D eigenvalue weighted by Gasteiger charge is 2.00. The Balaban J connectivity index is 2.67. The lowest BCUT2D eigenvalue weighted by Crippen LogP contribution is -1.95. The summed E-state index contributed by atoms with van der Waals surface area (Å²) >= 11 is 0. The average Bonchev–Trinajstić information content (AvgIpc) is 2.34. The Kier molecular flexibility index (Phi) is 5.41. The SMILES string of the molecule is CCCCC#CC#Cc1cccc(C(=O)O)c1. The van der Waals surface area contributed by atoms with Crippen LogP contribution in [0.1, 0.15) is 42.1 Å². The maximum Gasteiger partial charge on any atom is 0.335 e. The Labute approximate surface area is 102 Å². The van der Waals surface area contributed by atoms with Gasteiger partial charge in [0.25, 0.3) is 0 Å². The standard InChI is InChI=1S/C15H14O2/c1-2-3-4-5-6-7-9-13-10-8-11-14(12-13)15(16)17/h8,10-12H,2-4H2,1H3,(H,16,17). The van der Waals surface area contributed by atoms with Gasteiger partial charge in [0.2, 0.25) is 0 Å². The monoisotopic (exact) mass is 226 g/mol. The number of aromatic carboxylic acids is 1. The maximum absolute atomic E-state index is 10.7. The second kappa shape index (κ2) is 7.14. The van der Waals surface area contributed by atoms with Crippen molar-refractivity contribution < 1.29 is 9.90 Å². The molecule has 1 rings (SSSR count). The highest BCUT2D eigenvalue weighted by atomic mass is 16.4. The summed E-state index contributed by atoms with van der Waals surface area (Å²) in [5.74, 6) is 10.3. The van der Waals surface area contributed by atoms with Crippen molar-refractivity contribution in [3.63, 3.8) is 0 Å². The summed E-state index contributed by atoms with van der Waals surface area (Å²) in [5.41, 5.74) is 0.922. The van der Waals surface area contributed by atoms with Crippen LogP contribution in [-0.4, -0.2) is 11.1 Å². The summed E-state index contributed by atoms with van der Waals surface area (Å²) in [4.78, 5) is 10.7. The fourth-order valence-electron chi connectivity index (χ4n) is 1.21. The van der Waals surface area contributed by atoms with E-state index in [4.69, 9.17) is 5.11 Å². The molecule has 0 saturated heterocycles. The van der Waals surface area contributed by atoms with Gasteiger partial charge in [-0.2, -0.15) is 0 Å². The molecule has 0 amide bonds. The fourth-order valence-corrected chi connectivity index (χ4v) is 1.21. The number of hydrogen-bond donors (Lipinski definition) is 1. The van der Waals surface area contributed by atoms with Crippen molar-refractivity contribution in [1.29, 1.82) is 0 Å². The van der Waals surface area contributed by atoms with E-state index in [2.05, 4.69) is 30.6 Å². The molecular weight excluding hydrogens is 212 g/mol. The Hall–Kier alpha value is -2.19. The third kappa shape index (κ3) is 4.91. The molecule has 0 aliphatic heterocycles. The second-order valence-electron chi connectivity index (χ2n) is 3.54. The van der Waals surface area contributed by atoms with Gasteiger partial charge in [0.05, 0.1) is 5.56 Å². The second-order valence-corrected chi connectivity index (χ2v) is 3.54. The van der Waals surface area contributed by atoms with E-state index in [1.165, 1.54) is 0 Å². The van der Waals surface area contributed by atoms with Gasteiger partial charge in [0.1, 0.15) is 0 Å². The van der Waals surface area contributed by atoms with E-state index in [1.54, 1.807) is 24.3 Å². The lowest BCUT2D eigenvalue weighted by Gasteiger charge is -1.93. The summed E-state index contributed by atoms with van der Waals surface area (Å²) in [6, 6.07) is 6.54. The van der Waals surface area contributed by atoms with E-state index >= 15 is 0 Å². The van der Waals surface area contributed by atoms with Crippen molar-refractivity contribution in [2.45, 2.75) is 26.2 Å². The molecule has 1 N–H and O–H groups in total. The molecule has 17 heavy (non-hydrogen) atoms. The molecule has 0 fully saturated rings. The molecule has 1 aromatic carbocycles. The number of benzene rings is 1. The van der Waals surface area contributed by atoms with Gasteiger partial charge in [-0.1, -0.05) is 31.3 Å². The average molecular weight is 226 g/mol. The summed E-state index contributed by atoms with van der Waals surface area (Å²) in [7, 11) is 0. The van der Waals surface area contributed by atoms with Crippen LogP contribution in [0.5, 0.6) is 0 Å². The van der Waals surface area contributed by atoms with Crippen molar-refractivity contribution in [2.75, 3.05) is 0 Å². The van der Waals surface area contributed by atoms with E-state index in [-0.39, 0.29) is 5.56 Å². The number of carbonyl (C=O) groups is 1. The third-order valence-corrected chi connectivity index (χ3v) is 2.12. The number of unbranched alkanes of at least 4 members (excludes halogenated alkanes) is 2. The number of carboxylic acid groups (broad SMARTS) is 1. The van der Waals surface area contributed by atoms with Gasteiger partial charge in [-0.25, -0.2) is 4.79 Å². The van der Waals surface area contributed by atoms with Crippen LogP contribution < -0.4 is 0 Å². The van der Waals surface area contributed by atoms with Crippen LogP contribution in [0.4, 0.5) is 0 Å². The first-order valence-electron chi connectivity index (χ1n) is 5.56. The molecule has 0 unspecified atom stereocenters. The minimum Gasteiger partial charge on any atom is -0.478 e. The zero-order valence-corrected chi connectivity index (χ0v) is 9.79. The molecule has 86 valence electrons. The van der Waals surface area contributed by atoms with Gasteiger partial charge < -0.3 is 5.11 Å². The van der Waals surface area contributed by atoms with E-state index in [9.17, 15) is 4.79 Å². The number of hydrogen-bond acceptors (Lipinski definition) is 1.